The number of anilines is 1. The molecule has 0 spiro atoms. The van der Waals surface area contributed by atoms with Gasteiger partial charge in [0.05, 0.1) is 84.2 Å². The summed E-state index contributed by atoms with van der Waals surface area (Å²) in [4.78, 5) is 79.6. The molecular weight excluding hydrogens is 1220 g/mol. The summed E-state index contributed by atoms with van der Waals surface area (Å²) in [7, 11) is -1.10. The van der Waals surface area contributed by atoms with Gasteiger partial charge in [0.2, 0.25) is 17.8 Å². The van der Waals surface area contributed by atoms with E-state index in [9.17, 15) is 34.5 Å². The van der Waals surface area contributed by atoms with Gasteiger partial charge in [-0.3, -0.25) is 43.6 Å². The van der Waals surface area contributed by atoms with Gasteiger partial charge in [0, 0.05) is 61.0 Å². The van der Waals surface area contributed by atoms with Gasteiger partial charge in [0.15, 0.2) is 11.2 Å². The molecule has 478 valence electrons. The predicted octanol–water partition coefficient (Wildman–Crippen LogP) is 8.26. The standard InChI is InChI=1S/C61H73N11O15P2S/c1-38(2)72(39(3)4)88(81-28-11-25-62)86-47-31-52(70-33-40(5)56(74)69-60(70)77)85-50(47)35-83-89(82-29-12-26-63)87-48-32-53(71-37-65-54-55(71)67-59(68-58(54)76)66-51(73)23-27-64-57(75)41-24-30-90-36-41)84-49(48)34-80-61(42-13-9-8-10-14-42,43-15-19-45(78-6)20-16-43)44-17-21-46(79-7)22-18-44/h8-10,13-22,33,36-39,47-50,52-53H,11-12,23-24,27-32,34-35H2,1-7H3,(H,64,75)(H,69,74,77)(H2,66,67,68,73,76)/t47?,48?,49-,50-,52-,53-,88?,89?/m1/s1. The summed E-state index contributed by atoms with van der Waals surface area (Å²) in [6.45, 7) is 9.20. The van der Waals surface area contributed by atoms with Crippen molar-refractivity contribution in [2.24, 2.45) is 0 Å². The molecule has 2 amide bonds. The van der Waals surface area contributed by atoms with Crippen molar-refractivity contribution in [3.63, 3.8) is 0 Å². The molecule has 4 N–H and O–H groups in total. The summed E-state index contributed by atoms with van der Waals surface area (Å²) in [5.74, 6) is 1.13. The fourth-order valence-electron chi connectivity index (χ4n) is 10.6. The summed E-state index contributed by atoms with van der Waals surface area (Å²) >= 11 is 1.55. The first-order valence-corrected chi connectivity index (χ1v) is 32.6. The van der Waals surface area contributed by atoms with Crippen molar-refractivity contribution in [1.82, 2.24) is 39.1 Å². The molecule has 0 aliphatic carbocycles. The molecular formula is C61H73N11O15P2S. The van der Waals surface area contributed by atoms with Gasteiger partial charge < -0.3 is 51.6 Å². The van der Waals surface area contributed by atoms with Crippen LogP contribution in [0.15, 0.2) is 117 Å². The average Bonchev–Trinajstić information content (AvgIpc) is 1.07. The van der Waals surface area contributed by atoms with Crippen LogP contribution in [0, 0.1) is 29.6 Å². The summed E-state index contributed by atoms with van der Waals surface area (Å²) < 4.78 is 70.2. The molecule has 26 nitrogen and oxygen atoms in total. The number of carbonyl (C=O) groups is 2. The molecule has 0 saturated carbocycles. The number of benzene rings is 3. The Hall–Kier alpha value is -7.20. The number of nitrogens with one attached hydrogen (secondary N) is 4. The molecule has 0 radical (unpaired) electrons. The normalized spacial score (nSPS) is 19.8. The van der Waals surface area contributed by atoms with Crippen molar-refractivity contribution in [2.75, 3.05) is 58.3 Å². The molecule has 3 aliphatic rings. The van der Waals surface area contributed by atoms with E-state index in [4.69, 9.17) is 46.3 Å². The van der Waals surface area contributed by atoms with Crippen LogP contribution in [-0.2, 0) is 52.0 Å². The van der Waals surface area contributed by atoms with Gasteiger partial charge in [0.25, 0.3) is 19.6 Å². The van der Waals surface area contributed by atoms with Crippen molar-refractivity contribution in [1.29, 1.82) is 10.5 Å². The van der Waals surface area contributed by atoms with Gasteiger partial charge in [0.1, 0.15) is 41.8 Å². The fourth-order valence-corrected chi connectivity index (χ4v) is 14.4. The van der Waals surface area contributed by atoms with Crippen LogP contribution < -0.4 is 36.9 Å². The van der Waals surface area contributed by atoms with Gasteiger partial charge in [-0.1, -0.05) is 54.6 Å². The van der Waals surface area contributed by atoms with Crippen LogP contribution in [0.1, 0.15) is 101 Å². The molecule has 3 aromatic heterocycles. The molecule has 3 aromatic carbocycles. The number of nitrogens with zero attached hydrogens (tertiary/aromatic N) is 7. The second kappa shape index (κ2) is 31.7. The van der Waals surface area contributed by atoms with Crippen LogP contribution in [0.4, 0.5) is 5.95 Å². The van der Waals surface area contributed by atoms with Gasteiger partial charge in [-0.05, 0) is 87.4 Å². The number of carbonyl (C=O) groups excluding carboxylic acids is 2. The first kappa shape index (κ1) is 67.2. The number of aryl methyl sites for hydroxylation is 1. The molecule has 0 bridgehead atoms. The Bertz CT molecular complexity index is 3650. The summed E-state index contributed by atoms with van der Waals surface area (Å²) in [5, 5.41) is 26.5. The minimum atomic E-state index is -2.43. The number of imidazole rings is 1. The zero-order valence-electron chi connectivity index (χ0n) is 50.9. The lowest BCUT2D eigenvalue weighted by atomic mass is 9.80. The van der Waals surface area contributed by atoms with Crippen molar-refractivity contribution < 1.29 is 55.9 Å². The number of ether oxygens (including phenoxy) is 5. The zero-order valence-corrected chi connectivity index (χ0v) is 53.5. The number of hydrogen-bond donors (Lipinski definition) is 4. The largest absolute Gasteiger partial charge is 0.497 e. The lowest BCUT2D eigenvalue weighted by Crippen LogP contribution is -2.38. The van der Waals surface area contributed by atoms with E-state index in [1.54, 1.807) is 37.5 Å². The van der Waals surface area contributed by atoms with Gasteiger partial charge in [-0.2, -0.15) is 15.5 Å². The maximum absolute atomic E-state index is 13.7. The van der Waals surface area contributed by atoms with Crippen LogP contribution in [-0.4, -0.2) is 135 Å². The Morgan fingerprint density at radius 1 is 0.800 bits per heavy atom. The van der Waals surface area contributed by atoms with Crippen molar-refractivity contribution in [3.05, 3.63) is 156 Å². The van der Waals surface area contributed by atoms with E-state index < -0.39 is 82.3 Å². The summed E-state index contributed by atoms with van der Waals surface area (Å²) in [5.41, 5.74) is -0.0306. The number of aromatic amines is 2. The Labute approximate surface area is 526 Å². The monoisotopic (exact) mass is 1290 g/mol. The first-order valence-electron chi connectivity index (χ1n) is 29.4. The highest BCUT2D eigenvalue weighted by atomic mass is 32.2. The molecule has 6 aromatic rings. The van der Waals surface area contributed by atoms with E-state index in [0.717, 1.165) is 22.4 Å². The van der Waals surface area contributed by atoms with Crippen LogP contribution in [0.3, 0.4) is 0 Å². The Morgan fingerprint density at radius 2 is 1.41 bits per heavy atom. The van der Waals surface area contributed by atoms with E-state index in [1.165, 1.54) is 17.1 Å². The summed E-state index contributed by atoms with van der Waals surface area (Å²) in [6, 6.07) is 28.9. The number of rotatable bonds is 31. The third kappa shape index (κ3) is 16.3. The van der Waals surface area contributed by atoms with Crippen molar-refractivity contribution >= 4 is 57.8 Å². The maximum atomic E-state index is 13.7. The molecule has 2 fully saturated rings. The quantitative estimate of drug-likeness (QED) is 0.0181. The molecule has 90 heavy (non-hydrogen) atoms. The van der Waals surface area contributed by atoms with Gasteiger partial charge in [-0.15, -0.1) is 11.8 Å². The van der Waals surface area contributed by atoms with Crippen LogP contribution >= 0.6 is 28.9 Å². The Kier molecular flexibility index (Phi) is 23.7. The van der Waals surface area contributed by atoms with Gasteiger partial charge in [-0.25, -0.2) is 14.4 Å². The number of H-pyrrole nitrogens is 2. The molecule has 8 atom stereocenters. The molecule has 6 heterocycles. The first-order chi connectivity index (χ1) is 43.5. The Morgan fingerprint density at radius 3 is 2.02 bits per heavy atom. The maximum Gasteiger partial charge on any atom is 0.333 e. The van der Waals surface area contributed by atoms with Gasteiger partial charge >= 0.3 is 14.3 Å². The van der Waals surface area contributed by atoms with Crippen LogP contribution in [0.2, 0.25) is 0 Å². The second-order valence-corrected chi connectivity index (χ2v) is 25.2. The third-order valence-electron chi connectivity index (χ3n) is 15.0. The highest BCUT2D eigenvalue weighted by Crippen LogP contribution is 2.52. The van der Waals surface area contributed by atoms with E-state index in [1.807, 2.05) is 112 Å². The van der Waals surface area contributed by atoms with Crippen molar-refractivity contribution in [2.45, 2.75) is 128 Å². The highest BCUT2D eigenvalue weighted by molar-refractivity contribution is 8.02. The smallest absolute Gasteiger partial charge is 0.333 e. The number of amides is 2. The number of hydrogen-bond acceptors (Lipinski definition) is 21. The third-order valence-corrected chi connectivity index (χ3v) is 19.2. The molecule has 9 rings (SSSR count). The molecule has 4 unspecified atom stereocenters. The topological polar surface area (TPSA) is 320 Å². The van der Waals surface area contributed by atoms with E-state index in [0.29, 0.717) is 23.5 Å². The second-order valence-electron chi connectivity index (χ2n) is 21.7. The number of methoxy groups -OCH3 is 2. The van der Waals surface area contributed by atoms with E-state index in [2.05, 4.69) is 47.4 Å². The van der Waals surface area contributed by atoms with E-state index in [-0.39, 0.29) is 106 Å². The Balaban J connectivity index is 1.06. The molecule has 3 aliphatic heterocycles. The number of fused-ring (bicyclic) bond motifs is 1. The molecule has 2 saturated heterocycles. The highest BCUT2D eigenvalue weighted by Gasteiger charge is 2.46. The van der Waals surface area contributed by atoms with Crippen LogP contribution in [0.25, 0.3) is 11.2 Å². The minimum absolute atomic E-state index is 0.0375. The summed E-state index contributed by atoms with van der Waals surface area (Å²) in [6.07, 6.45) is -1.98. The predicted molar refractivity (Wildman–Crippen MR) is 335 cm³/mol. The van der Waals surface area contributed by atoms with E-state index >= 15 is 0 Å². The molecule has 29 heteroatoms. The van der Waals surface area contributed by atoms with Crippen molar-refractivity contribution in [3.8, 4) is 23.6 Å². The number of aromatic nitrogens is 6. The number of nitriles is 2. The lowest BCUT2D eigenvalue weighted by Gasteiger charge is -2.37. The minimum Gasteiger partial charge on any atom is -0.497 e. The zero-order chi connectivity index (χ0) is 63.9. The lowest BCUT2D eigenvalue weighted by molar-refractivity contribution is -0.118. The number of thioether (sulfide) groups is 1. The van der Waals surface area contributed by atoms with Crippen LogP contribution in [0.5, 0.6) is 11.5 Å². The fraction of sp³-hybridized carbons (Fsp3) is 0.459. The SMILES string of the molecule is COc1ccc(C(OC[C@H]2O[C@@H](n3cnc4c(=O)[nH]c(NC(=O)CCNC(=O)C5=CSCC5)nc43)CC2OP(OCCC#N)OC[C@H]2O[C@@H](n3cc(C)c(=O)[nH]c3=O)CC2OP(OCCC#N)N(C(C)C)C(C)C)(c2ccccc2)c2ccc(OC)cc2)cc1. The average molecular weight is 1290 g/mol.